The maximum Gasteiger partial charge on any atom is 0.251 e. The van der Waals surface area contributed by atoms with E-state index in [0.29, 0.717) is 18.0 Å². The lowest BCUT2D eigenvalue weighted by molar-refractivity contribution is 0.0891. The number of nitrogens with two attached hydrogens (primary N) is 1. The van der Waals surface area contributed by atoms with Crippen LogP contribution >= 0.6 is 0 Å². The molecule has 0 fully saturated rings. The van der Waals surface area contributed by atoms with Crippen molar-refractivity contribution in [3.8, 4) is 0 Å². The summed E-state index contributed by atoms with van der Waals surface area (Å²) in [6, 6.07) is 3.46. The summed E-state index contributed by atoms with van der Waals surface area (Å²) in [6.07, 6.45) is 1.86. The molecule has 0 aliphatic rings. The van der Waals surface area contributed by atoms with E-state index in [1.807, 2.05) is 13.8 Å². The Labute approximate surface area is 126 Å². The van der Waals surface area contributed by atoms with E-state index in [4.69, 9.17) is 10.6 Å². The lowest BCUT2D eigenvalue weighted by Gasteiger charge is -2.18. The third-order valence-electron chi connectivity index (χ3n) is 3.19. The van der Waals surface area contributed by atoms with Crippen LogP contribution in [0.3, 0.4) is 0 Å². The second-order valence-electron chi connectivity index (χ2n) is 5.38. The Kier molecular flexibility index (Phi) is 7.11. The fourth-order valence-electron chi connectivity index (χ4n) is 2.07. The summed E-state index contributed by atoms with van der Waals surface area (Å²) in [7, 11) is 1.63. The molecule has 6 nitrogen and oxygen atoms in total. The quantitative estimate of drug-likeness (QED) is 0.504. The Bertz CT molecular complexity index is 457. The maximum atomic E-state index is 12.4. The van der Waals surface area contributed by atoms with E-state index >= 15 is 0 Å². The molecule has 0 aromatic carbocycles. The standard InChI is InChI=1S/C15H26N4O2/c1-5-6-12(9-21-4)17-15(20)11-7-13(10(2)3)18-14(8-11)19-16/h7-8,10,12H,5-6,9,16H2,1-4H3,(H,17,20)(H,18,19). The van der Waals surface area contributed by atoms with Crippen LogP contribution in [0.5, 0.6) is 0 Å². The van der Waals surface area contributed by atoms with Crippen molar-refractivity contribution < 1.29 is 9.53 Å². The summed E-state index contributed by atoms with van der Waals surface area (Å²) < 4.78 is 5.14. The highest BCUT2D eigenvalue weighted by atomic mass is 16.5. The number of aromatic nitrogens is 1. The minimum atomic E-state index is -0.133. The zero-order valence-corrected chi connectivity index (χ0v) is 13.3. The third kappa shape index (κ3) is 5.32. The number of nitrogen functional groups attached to an aromatic ring is 1. The molecule has 1 rings (SSSR count). The van der Waals surface area contributed by atoms with Crippen LogP contribution in [0.2, 0.25) is 0 Å². The average Bonchev–Trinajstić information content (AvgIpc) is 2.47. The number of nitrogens with one attached hydrogen (secondary N) is 2. The molecule has 1 atom stereocenters. The second-order valence-corrected chi connectivity index (χ2v) is 5.38. The Morgan fingerprint density at radius 1 is 1.43 bits per heavy atom. The third-order valence-corrected chi connectivity index (χ3v) is 3.19. The summed E-state index contributed by atoms with van der Waals surface area (Å²) >= 11 is 0. The molecule has 1 unspecified atom stereocenters. The van der Waals surface area contributed by atoms with Crippen LogP contribution < -0.4 is 16.6 Å². The Hall–Kier alpha value is -1.66. The van der Waals surface area contributed by atoms with Crippen LogP contribution in [0.1, 0.15) is 55.6 Å². The summed E-state index contributed by atoms with van der Waals surface area (Å²) in [5.41, 5.74) is 3.89. The van der Waals surface area contributed by atoms with Crippen molar-refractivity contribution in [1.82, 2.24) is 10.3 Å². The number of hydrazine groups is 1. The lowest BCUT2D eigenvalue weighted by Crippen LogP contribution is -2.38. The molecular formula is C15H26N4O2. The zero-order chi connectivity index (χ0) is 15.8. The Morgan fingerprint density at radius 2 is 2.14 bits per heavy atom. The van der Waals surface area contributed by atoms with Crippen molar-refractivity contribution in [2.24, 2.45) is 5.84 Å². The molecule has 6 heteroatoms. The molecule has 1 amide bonds. The topological polar surface area (TPSA) is 89.3 Å². The maximum absolute atomic E-state index is 12.4. The van der Waals surface area contributed by atoms with Gasteiger partial charge in [-0.05, 0) is 24.5 Å². The number of amides is 1. The lowest BCUT2D eigenvalue weighted by atomic mass is 10.1. The predicted molar refractivity (Wildman–Crippen MR) is 84.2 cm³/mol. The minimum absolute atomic E-state index is 0.0115. The van der Waals surface area contributed by atoms with Gasteiger partial charge in [0.25, 0.3) is 5.91 Å². The van der Waals surface area contributed by atoms with Crippen molar-refractivity contribution in [2.75, 3.05) is 19.1 Å². The van der Waals surface area contributed by atoms with E-state index in [1.54, 1.807) is 19.2 Å². The van der Waals surface area contributed by atoms with Gasteiger partial charge in [0.1, 0.15) is 5.82 Å². The van der Waals surface area contributed by atoms with Crippen molar-refractivity contribution in [3.05, 3.63) is 23.4 Å². The predicted octanol–water partition coefficient (Wildman–Crippen LogP) is 2.04. The average molecular weight is 294 g/mol. The molecule has 21 heavy (non-hydrogen) atoms. The molecule has 1 heterocycles. The number of hydrogen-bond donors (Lipinski definition) is 3. The second kappa shape index (κ2) is 8.59. The molecule has 0 saturated heterocycles. The first kappa shape index (κ1) is 17.4. The van der Waals surface area contributed by atoms with Gasteiger partial charge in [-0.3, -0.25) is 4.79 Å². The number of rotatable bonds is 8. The normalized spacial score (nSPS) is 12.3. The van der Waals surface area contributed by atoms with Crippen LogP contribution in [0.4, 0.5) is 5.82 Å². The van der Waals surface area contributed by atoms with Crippen LogP contribution in [-0.4, -0.2) is 30.6 Å². The van der Waals surface area contributed by atoms with E-state index in [-0.39, 0.29) is 17.9 Å². The number of carbonyl (C=O) groups excluding carboxylic acids is 1. The van der Waals surface area contributed by atoms with Crippen LogP contribution in [-0.2, 0) is 4.74 Å². The highest BCUT2D eigenvalue weighted by Crippen LogP contribution is 2.17. The van der Waals surface area contributed by atoms with Crippen molar-refractivity contribution >= 4 is 11.7 Å². The molecule has 118 valence electrons. The number of methoxy groups -OCH3 is 1. The Balaban J connectivity index is 2.92. The van der Waals surface area contributed by atoms with Crippen molar-refractivity contribution in [1.29, 1.82) is 0 Å². The first-order valence-corrected chi connectivity index (χ1v) is 7.30. The highest BCUT2D eigenvalue weighted by molar-refractivity contribution is 5.95. The molecule has 1 aromatic rings. The first-order chi connectivity index (χ1) is 10.0. The number of nitrogens with zero attached hydrogens (tertiary/aromatic N) is 1. The molecule has 1 aromatic heterocycles. The molecule has 0 aliphatic heterocycles. The molecular weight excluding hydrogens is 268 g/mol. The minimum Gasteiger partial charge on any atom is -0.383 e. The van der Waals surface area contributed by atoms with Crippen molar-refractivity contribution in [3.63, 3.8) is 0 Å². The molecule has 4 N–H and O–H groups in total. The SMILES string of the molecule is CCCC(COC)NC(=O)c1cc(NN)nc(C(C)C)c1. The molecule has 0 saturated carbocycles. The number of carbonyl (C=O) groups is 1. The van der Waals surface area contributed by atoms with Gasteiger partial charge in [-0.25, -0.2) is 10.8 Å². The molecule has 0 aliphatic carbocycles. The van der Waals surface area contributed by atoms with Crippen LogP contribution in [0.25, 0.3) is 0 Å². The van der Waals surface area contributed by atoms with E-state index in [0.717, 1.165) is 18.5 Å². The fraction of sp³-hybridized carbons (Fsp3) is 0.600. The van der Waals surface area contributed by atoms with Gasteiger partial charge in [0.05, 0.1) is 12.6 Å². The van der Waals surface area contributed by atoms with E-state index < -0.39 is 0 Å². The van der Waals surface area contributed by atoms with E-state index in [1.165, 1.54) is 0 Å². The van der Waals surface area contributed by atoms with Gasteiger partial charge in [-0.15, -0.1) is 0 Å². The summed E-state index contributed by atoms with van der Waals surface area (Å²) in [4.78, 5) is 16.7. The number of hydrogen-bond acceptors (Lipinski definition) is 5. The van der Waals surface area contributed by atoms with Gasteiger partial charge in [0.2, 0.25) is 0 Å². The number of anilines is 1. The van der Waals surface area contributed by atoms with Crippen LogP contribution in [0, 0.1) is 0 Å². The largest absolute Gasteiger partial charge is 0.383 e. The van der Waals surface area contributed by atoms with E-state index in [2.05, 4.69) is 22.7 Å². The van der Waals surface area contributed by atoms with Gasteiger partial charge in [0, 0.05) is 18.4 Å². The van der Waals surface area contributed by atoms with E-state index in [9.17, 15) is 4.79 Å². The summed E-state index contributed by atoms with van der Waals surface area (Å²) in [6.45, 7) is 6.63. The van der Waals surface area contributed by atoms with Gasteiger partial charge >= 0.3 is 0 Å². The zero-order valence-electron chi connectivity index (χ0n) is 13.3. The van der Waals surface area contributed by atoms with Gasteiger partial charge < -0.3 is 15.5 Å². The molecule has 0 bridgehead atoms. The molecule has 0 radical (unpaired) electrons. The number of ether oxygens (including phenoxy) is 1. The summed E-state index contributed by atoms with van der Waals surface area (Å²) in [5, 5.41) is 2.99. The van der Waals surface area contributed by atoms with Crippen LogP contribution in [0.15, 0.2) is 12.1 Å². The molecule has 0 spiro atoms. The Morgan fingerprint density at radius 3 is 2.67 bits per heavy atom. The van der Waals surface area contributed by atoms with Gasteiger partial charge in [-0.1, -0.05) is 27.2 Å². The highest BCUT2D eigenvalue weighted by Gasteiger charge is 2.15. The fourth-order valence-corrected chi connectivity index (χ4v) is 2.07. The van der Waals surface area contributed by atoms with Crippen molar-refractivity contribution in [2.45, 2.75) is 45.6 Å². The first-order valence-electron chi connectivity index (χ1n) is 7.30. The van der Waals surface area contributed by atoms with Gasteiger partial charge in [0.15, 0.2) is 0 Å². The summed E-state index contributed by atoms with van der Waals surface area (Å²) in [5.74, 6) is 6.00. The number of pyridine rings is 1. The monoisotopic (exact) mass is 294 g/mol. The van der Waals surface area contributed by atoms with Gasteiger partial charge in [-0.2, -0.15) is 0 Å². The smallest absolute Gasteiger partial charge is 0.251 e.